The number of amides is 1. The average Bonchev–Trinajstić information content (AvgIpc) is 2.48. The summed E-state index contributed by atoms with van der Waals surface area (Å²) in [6, 6.07) is 9.11. The van der Waals surface area contributed by atoms with Crippen LogP contribution in [0.2, 0.25) is 5.02 Å². The molecule has 2 rings (SSSR count). The second-order valence-electron chi connectivity index (χ2n) is 5.34. The molecule has 128 valence electrons. The molecule has 0 radical (unpaired) electrons. The lowest BCUT2D eigenvalue weighted by Crippen LogP contribution is -2.14. The first-order valence-corrected chi connectivity index (χ1v) is 7.49. The molecule has 3 nitrogen and oxygen atoms in total. The van der Waals surface area contributed by atoms with Crippen LogP contribution in [0.5, 0.6) is 5.75 Å². The Labute approximate surface area is 142 Å². The second kappa shape index (κ2) is 7.13. The van der Waals surface area contributed by atoms with E-state index in [9.17, 15) is 18.0 Å². The van der Waals surface area contributed by atoms with Crippen LogP contribution < -0.4 is 10.1 Å². The summed E-state index contributed by atoms with van der Waals surface area (Å²) in [6.07, 6.45) is -4.59. The van der Waals surface area contributed by atoms with Gasteiger partial charge in [-0.25, -0.2) is 0 Å². The topological polar surface area (TPSA) is 38.3 Å². The summed E-state index contributed by atoms with van der Waals surface area (Å²) in [5, 5.41) is 2.41. The molecule has 0 saturated heterocycles. The van der Waals surface area contributed by atoms with Crippen LogP contribution >= 0.6 is 11.6 Å². The highest BCUT2D eigenvalue weighted by Crippen LogP contribution is 2.34. The first-order valence-electron chi connectivity index (χ1n) is 7.11. The molecule has 0 heterocycles. The van der Waals surface area contributed by atoms with Gasteiger partial charge in [0.25, 0.3) is 5.91 Å². The number of ether oxygens (including phenoxy) is 1. The van der Waals surface area contributed by atoms with Crippen molar-refractivity contribution in [2.24, 2.45) is 0 Å². The van der Waals surface area contributed by atoms with E-state index in [1.54, 1.807) is 12.1 Å². The van der Waals surface area contributed by atoms with Crippen molar-refractivity contribution in [3.05, 3.63) is 58.6 Å². The van der Waals surface area contributed by atoms with E-state index >= 15 is 0 Å². The van der Waals surface area contributed by atoms with Gasteiger partial charge in [0.05, 0.1) is 22.4 Å². The van der Waals surface area contributed by atoms with Crippen molar-refractivity contribution in [3.63, 3.8) is 0 Å². The van der Waals surface area contributed by atoms with Crippen LogP contribution in [0.15, 0.2) is 42.5 Å². The van der Waals surface area contributed by atoms with Crippen molar-refractivity contribution in [2.75, 3.05) is 5.32 Å². The summed E-state index contributed by atoms with van der Waals surface area (Å²) < 4.78 is 43.8. The molecule has 0 fully saturated rings. The highest BCUT2D eigenvalue weighted by atomic mass is 35.5. The molecule has 0 spiro atoms. The number of alkyl halides is 3. The Morgan fingerprint density at radius 2 is 1.88 bits per heavy atom. The van der Waals surface area contributed by atoms with E-state index in [-0.39, 0.29) is 22.4 Å². The van der Waals surface area contributed by atoms with Crippen molar-refractivity contribution in [3.8, 4) is 5.75 Å². The summed E-state index contributed by atoms with van der Waals surface area (Å²) in [5.74, 6) is -0.0850. The first kappa shape index (κ1) is 18.1. The Kier molecular flexibility index (Phi) is 5.39. The maximum absolute atomic E-state index is 12.8. The SMILES string of the molecule is CC(C)Oc1cccc(C(=O)Nc2cc(C(F)(F)F)ccc2Cl)c1. The molecule has 0 atom stereocenters. The van der Waals surface area contributed by atoms with Gasteiger partial charge in [0.2, 0.25) is 0 Å². The Balaban J connectivity index is 2.24. The van der Waals surface area contributed by atoms with Gasteiger partial charge < -0.3 is 10.1 Å². The number of anilines is 1. The number of carbonyl (C=O) groups is 1. The van der Waals surface area contributed by atoms with Crippen molar-refractivity contribution < 1.29 is 22.7 Å². The van der Waals surface area contributed by atoms with E-state index in [2.05, 4.69) is 5.32 Å². The lowest BCUT2D eigenvalue weighted by molar-refractivity contribution is -0.137. The van der Waals surface area contributed by atoms with Crippen LogP contribution in [0, 0.1) is 0 Å². The fraction of sp³-hybridized carbons (Fsp3) is 0.235. The van der Waals surface area contributed by atoms with E-state index in [1.807, 2.05) is 13.8 Å². The number of nitrogens with one attached hydrogen (secondary N) is 1. The molecule has 2 aromatic rings. The Morgan fingerprint density at radius 1 is 1.17 bits per heavy atom. The lowest BCUT2D eigenvalue weighted by Gasteiger charge is -2.13. The summed E-state index contributed by atoms with van der Waals surface area (Å²) in [6.45, 7) is 3.68. The molecule has 0 bridgehead atoms. The fourth-order valence-electron chi connectivity index (χ4n) is 1.97. The molecule has 0 aliphatic heterocycles. The zero-order chi connectivity index (χ0) is 17.9. The Hall–Kier alpha value is -2.21. The van der Waals surface area contributed by atoms with Crippen LogP contribution in [0.25, 0.3) is 0 Å². The van der Waals surface area contributed by atoms with E-state index in [4.69, 9.17) is 16.3 Å². The third-order valence-corrected chi connectivity index (χ3v) is 3.34. The largest absolute Gasteiger partial charge is 0.491 e. The van der Waals surface area contributed by atoms with Crippen LogP contribution in [0.4, 0.5) is 18.9 Å². The van der Waals surface area contributed by atoms with Crippen LogP contribution in [0.3, 0.4) is 0 Å². The summed E-state index contributed by atoms with van der Waals surface area (Å²) in [4.78, 5) is 12.3. The predicted octanol–water partition coefficient (Wildman–Crippen LogP) is 5.40. The van der Waals surface area contributed by atoms with Gasteiger partial charge in [0.15, 0.2) is 0 Å². The third kappa shape index (κ3) is 4.64. The minimum atomic E-state index is -4.52. The zero-order valence-corrected chi connectivity index (χ0v) is 13.7. The number of benzene rings is 2. The maximum Gasteiger partial charge on any atom is 0.416 e. The summed E-state index contributed by atoms with van der Waals surface area (Å²) in [5.41, 5.74) is -0.743. The van der Waals surface area contributed by atoms with Gasteiger partial charge in [-0.15, -0.1) is 0 Å². The van der Waals surface area contributed by atoms with Crippen molar-refractivity contribution in [1.82, 2.24) is 0 Å². The standard InChI is InChI=1S/C17H15ClF3NO2/c1-10(2)24-13-5-3-4-11(8-13)16(23)22-15-9-12(17(19,20)21)6-7-14(15)18/h3-10H,1-2H3,(H,22,23). The molecule has 1 amide bonds. The number of hydrogen-bond acceptors (Lipinski definition) is 2. The van der Waals surface area contributed by atoms with Crippen molar-refractivity contribution in [2.45, 2.75) is 26.1 Å². The van der Waals surface area contributed by atoms with E-state index in [1.165, 1.54) is 12.1 Å². The van der Waals surface area contributed by atoms with Gasteiger partial charge in [-0.2, -0.15) is 13.2 Å². The highest BCUT2D eigenvalue weighted by Gasteiger charge is 2.31. The molecule has 0 aromatic heterocycles. The van der Waals surface area contributed by atoms with E-state index in [0.717, 1.165) is 18.2 Å². The van der Waals surface area contributed by atoms with Crippen molar-refractivity contribution >= 4 is 23.2 Å². The predicted molar refractivity (Wildman–Crippen MR) is 86.6 cm³/mol. The summed E-state index contributed by atoms with van der Waals surface area (Å²) in [7, 11) is 0. The molecule has 2 aromatic carbocycles. The van der Waals surface area contributed by atoms with Crippen LogP contribution in [0.1, 0.15) is 29.8 Å². The number of hydrogen-bond donors (Lipinski definition) is 1. The van der Waals surface area contributed by atoms with E-state index < -0.39 is 17.6 Å². The highest BCUT2D eigenvalue weighted by molar-refractivity contribution is 6.34. The molecular formula is C17H15ClF3NO2. The summed E-state index contributed by atoms with van der Waals surface area (Å²) >= 11 is 5.87. The smallest absolute Gasteiger partial charge is 0.416 e. The molecule has 0 aliphatic rings. The minimum absolute atomic E-state index is 0.0194. The fourth-order valence-corrected chi connectivity index (χ4v) is 2.14. The normalized spacial score (nSPS) is 11.5. The second-order valence-corrected chi connectivity index (χ2v) is 5.75. The molecule has 7 heteroatoms. The first-order chi connectivity index (χ1) is 11.2. The van der Waals surface area contributed by atoms with Gasteiger partial charge in [-0.3, -0.25) is 4.79 Å². The average molecular weight is 358 g/mol. The lowest BCUT2D eigenvalue weighted by atomic mass is 10.1. The zero-order valence-electron chi connectivity index (χ0n) is 12.9. The molecule has 24 heavy (non-hydrogen) atoms. The van der Waals surface area contributed by atoms with Gasteiger partial charge in [-0.05, 0) is 50.2 Å². The number of carbonyl (C=O) groups excluding carboxylic acids is 1. The molecule has 0 saturated carbocycles. The monoisotopic (exact) mass is 357 g/mol. The number of rotatable bonds is 4. The third-order valence-electron chi connectivity index (χ3n) is 3.01. The Bertz CT molecular complexity index is 745. The minimum Gasteiger partial charge on any atom is -0.491 e. The maximum atomic E-state index is 12.8. The number of halogens is 4. The molecule has 0 unspecified atom stereocenters. The van der Waals surface area contributed by atoms with Gasteiger partial charge >= 0.3 is 6.18 Å². The quantitative estimate of drug-likeness (QED) is 0.795. The molecule has 1 N–H and O–H groups in total. The molecular weight excluding hydrogens is 343 g/mol. The molecule has 0 aliphatic carbocycles. The van der Waals surface area contributed by atoms with Gasteiger partial charge in [0, 0.05) is 5.56 Å². The van der Waals surface area contributed by atoms with Crippen LogP contribution in [-0.2, 0) is 6.18 Å². The van der Waals surface area contributed by atoms with Gasteiger partial charge in [0.1, 0.15) is 5.75 Å². The van der Waals surface area contributed by atoms with Crippen LogP contribution in [-0.4, -0.2) is 12.0 Å². The Morgan fingerprint density at radius 3 is 2.50 bits per heavy atom. The van der Waals surface area contributed by atoms with E-state index in [0.29, 0.717) is 5.75 Å². The van der Waals surface area contributed by atoms with Gasteiger partial charge in [-0.1, -0.05) is 17.7 Å². The van der Waals surface area contributed by atoms with Crippen molar-refractivity contribution in [1.29, 1.82) is 0 Å².